The van der Waals surface area contributed by atoms with E-state index in [0.717, 1.165) is 0 Å². The Balaban J connectivity index is 3.31. The molecule has 0 saturated heterocycles. The maximum Gasteiger partial charge on any atom is 0.366 e. The van der Waals surface area contributed by atoms with Crippen LogP contribution in [-0.4, -0.2) is 41.9 Å². The van der Waals surface area contributed by atoms with Crippen LogP contribution in [0, 0.1) is 0 Å². The highest BCUT2D eigenvalue weighted by Crippen LogP contribution is 2.29. The molecule has 72 valence electrons. The van der Waals surface area contributed by atoms with Crippen molar-refractivity contribution in [2.24, 2.45) is 10.7 Å². The third kappa shape index (κ3) is 9.74. The summed E-state index contributed by atoms with van der Waals surface area (Å²) in [7, 11) is -4.07. The maximum atomic E-state index is 10.2. The van der Waals surface area contributed by atoms with Crippen molar-refractivity contribution in [1.29, 1.82) is 0 Å². The average Bonchev–Trinajstić information content (AvgIpc) is 1.94. The minimum Gasteiger partial charge on any atom is -0.329 e. The lowest BCUT2D eigenvalue weighted by molar-refractivity contribution is 0.392. The third-order valence-corrected chi connectivity index (χ3v) is 1.44. The zero-order chi connectivity index (χ0) is 9.45. The van der Waals surface area contributed by atoms with Crippen molar-refractivity contribution in [3.05, 3.63) is 0 Å². The summed E-state index contributed by atoms with van der Waals surface area (Å²) in [4.78, 5) is 20.2. The number of rotatable bonds is 6. The van der Waals surface area contributed by atoms with E-state index in [4.69, 9.17) is 15.5 Å². The van der Waals surface area contributed by atoms with Crippen molar-refractivity contribution in [1.82, 2.24) is 5.32 Å². The van der Waals surface area contributed by atoms with Gasteiger partial charge in [0.2, 0.25) is 0 Å². The van der Waals surface area contributed by atoms with Gasteiger partial charge in [0.25, 0.3) is 0 Å². The summed E-state index contributed by atoms with van der Waals surface area (Å²) < 4.78 is 10.2. The van der Waals surface area contributed by atoms with Gasteiger partial charge in [-0.3, -0.25) is 9.56 Å². The molecule has 0 bridgehead atoms. The van der Waals surface area contributed by atoms with Crippen LogP contribution in [0.2, 0.25) is 0 Å². The second-order valence-electron chi connectivity index (χ2n) is 2.15. The molecule has 0 atom stereocenters. The number of nitrogens with one attached hydrogen (secondary N) is 1. The first-order chi connectivity index (χ1) is 5.56. The lowest BCUT2D eigenvalue weighted by Crippen LogP contribution is -2.24. The van der Waals surface area contributed by atoms with Gasteiger partial charge in [0.1, 0.15) is 5.96 Å². The normalized spacial score (nSPS) is 12.6. The van der Waals surface area contributed by atoms with Gasteiger partial charge in [-0.1, -0.05) is 0 Å². The van der Waals surface area contributed by atoms with Crippen molar-refractivity contribution in [3.8, 4) is 0 Å². The third-order valence-electron chi connectivity index (χ3n) is 0.971. The summed E-state index contributed by atoms with van der Waals surface area (Å²) in [5, 5.41) is 2.93. The molecular weight excluding hydrogens is 181 g/mol. The van der Waals surface area contributed by atoms with Crippen LogP contribution >= 0.6 is 7.60 Å². The Morgan fingerprint density at radius 1 is 1.50 bits per heavy atom. The standard InChI is InChI=1S/C5H14N3O3P/c6-1-2-7-3-4-8-5-12(9,10)11/h5,7H,1-4,6H2,(H2,9,10,11). The molecule has 0 aliphatic heterocycles. The Hall–Kier alpha value is -0.260. The van der Waals surface area contributed by atoms with Crippen LogP contribution in [0.25, 0.3) is 0 Å². The summed E-state index contributed by atoms with van der Waals surface area (Å²) in [6.07, 6.45) is 0. The molecule has 0 aromatic heterocycles. The lowest BCUT2D eigenvalue weighted by atomic mass is 10.6. The van der Waals surface area contributed by atoms with E-state index >= 15 is 0 Å². The molecule has 12 heavy (non-hydrogen) atoms. The van der Waals surface area contributed by atoms with E-state index in [1.165, 1.54) is 0 Å². The van der Waals surface area contributed by atoms with Gasteiger partial charge in [-0.05, 0) is 0 Å². The molecule has 0 aliphatic carbocycles. The molecule has 0 heterocycles. The van der Waals surface area contributed by atoms with Crippen molar-refractivity contribution in [3.63, 3.8) is 0 Å². The van der Waals surface area contributed by atoms with E-state index in [1.54, 1.807) is 0 Å². The second kappa shape index (κ2) is 6.28. The van der Waals surface area contributed by atoms with Crippen LogP contribution < -0.4 is 11.1 Å². The number of hydrogen-bond acceptors (Lipinski definition) is 4. The molecule has 0 aromatic rings. The molecule has 0 radical (unpaired) electrons. The molecule has 0 aromatic carbocycles. The first kappa shape index (κ1) is 11.7. The van der Waals surface area contributed by atoms with Crippen molar-refractivity contribution in [2.75, 3.05) is 26.2 Å². The first-order valence-corrected chi connectivity index (χ1v) is 5.21. The predicted molar refractivity (Wildman–Crippen MR) is 47.3 cm³/mol. The van der Waals surface area contributed by atoms with Crippen LogP contribution in [-0.2, 0) is 4.57 Å². The van der Waals surface area contributed by atoms with E-state index in [1.807, 2.05) is 0 Å². The zero-order valence-corrected chi connectivity index (χ0v) is 7.57. The fourth-order valence-corrected chi connectivity index (χ4v) is 0.863. The van der Waals surface area contributed by atoms with Crippen LogP contribution in [0.5, 0.6) is 0 Å². The smallest absolute Gasteiger partial charge is 0.329 e. The Morgan fingerprint density at radius 3 is 2.67 bits per heavy atom. The lowest BCUT2D eigenvalue weighted by Gasteiger charge is -1.98. The maximum absolute atomic E-state index is 10.2. The van der Waals surface area contributed by atoms with E-state index < -0.39 is 7.60 Å². The van der Waals surface area contributed by atoms with Gasteiger partial charge in [0.05, 0.1) is 6.54 Å². The van der Waals surface area contributed by atoms with Crippen molar-refractivity contribution in [2.45, 2.75) is 0 Å². The summed E-state index contributed by atoms with van der Waals surface area (Å²) in [5.74, 6) is 0.664. The highest BCUT2D eigenvalue weighted by molar-refractivity contribution is 7.67. The van der Waals surface area contributed by atoms with E-state index in [-0.39, 0.29) is 0 Å². The monoisotopic (exact) mass is 195 g/mol. The molecule has 0 amide bonds. The second-order valence-corrected chi connectivity index (χ2v) is 3.56. The fraction of sp³-hybridized carbons (Fsp3) is 0.800. The van der Waals surface area contributed by atoms with Gasteiger partial charge < -0.3 is 20.8 Å². The van der Waals surface area contributed by atoms with Gasteiger partial charge in [0.15, 0.2) is 0 Å². The number of nitrogens with two attached hydrogens (primary N) is 1. The molecule has 7 heteroatoms. The first-order valence-electron chi connectivity index (χ1n) is 3.53. The molecule has 0 unspecified atom stereocenters. The molecule has 0 spiro atoms. The highest BCUT2D eigenvalue weighted by atomic mass is 31.2. The van der Waals surface area contributed by atoms with Gasteiger partial charge in [0, 0.05) is 19.6 Å². The van der Waals surface area contributed by atoms with Crippen LogP contribution in [0.15, 0.2) is 4.99 Å². The highest BCUT2D eigenvalue weighted by Gasteiger charge is 2.05. The Labute approximate surface area is 71.0 Å². The van der Waals surface area contributed by atoms with Gasteiger partial charge in [-0.25, -0.2) is 0 Å². The summed E-state index contributed by atoms with van der Waals surface area (Å²) in [6, 6.07) is 0. The van der Waals surface area contributed by atoms with Gasteiger partial charge in [-0.2, -0.15) is 0 Å². The van der Waals surface area contributed by atoms with Gasteiger partial charge >= 0.3 is 7.60 Å². The summed E-state index contributed by atoms with van der Waals surface area (Å²) >= 11 is 0. The Bertz CT molecular complexity index is 179. The summed E-state index contributed by atoms with van der Waals surface area (Å²) in [6.45, 7) is 2.16. The molecule has 0 rings (SSSR count). The molecule has 6 nitrogen and oxygen atoms in total. The predicted octanol–water partition coefficient (Wildman–Crippen LogP) is -1.26. The quantitative estimate of drug-likeness (QED) is 0.240. The topological polar surface area (TPSA) is 108 Å². The number of aliphatic imine (C=N–C) groups is 1. The van der Waals surface area contributed by atoms with Crippen LogP contribution in [0.3, 0.4) is 0 Å². The minimum absolute atomic E-state index is 0.352. The molecular formula is C5H14N3O3P. The molecule has 0 fully saturated rings. The summed E-state index contributed by atoms with van der Waals surface area (Å²) in [5.41, 5.74) is 5.19. The largest absolute Gasteiger partial charge is 0.366 e. The SMILES string of the molecule is NCCNCCN=CP(=O)(O)O. The van der Waals surface area contributed by atoms with Crippen molar-refractivity contribution < 1.29 is 14.4 Å². The van der Waals surface area contributed by atoms with E-state index in [0.29, 0.717) is 32.1 Å². The molecule has 5 N–H and O–H groups in total. The number of nitrogens with zero attached hydrogens (tertiary/aromatic N) is 1. The molecule has 0 aliphatic rings. The van der Waals surface area contributed by atoms with Crippen LogP contribution in [0.4, 0.5) is 0 Å². The average molecular weight is 195 g/mol. The van der Waals surface area contributed by atoms with Crippen molar-refractivity contribution >= 4 is 13.6 Å². The molecule has 0 saturated carbocycles. The van der Waals surface area contributed by atoms with E-state index in [2.05, 4.69) is 10.3 Å². The van der Waals surface area contributed by atoms with Crippen LogP contribution in [0.1, 0.15) is 0 Å². The van der Waals surface area contributed by atoms with E-state index in [9.17, 15) is 4.57 Å². The minimum atomic E-state index is -4.07. The van der Waals surface area contributed by atoms with Gasteiger partial charge in [-0.15, -0.1) is 0 Å². The fourth-order valence-electron chi connectivity index (χ4n) is 0.535. The zero-order valence-electron chi connectivity index (χ0n) is 6.68. The Kier molecular flexibility index (Phi) is 6.14. The number of hydrogen-bond donors (Lipinski definition) is 4. The Morgan fingerprint density at radius 2 is 2.17 bits per heavy atom.